The summed E-state index contributed by atoms with van der Waals surface area (Å²) in [6.45, 7) is 8.18. The van der Waals surface area contributed by atoms with Gasteiger partial charge in [-0.2, -0.15) is 0 Å². The second kappa shape index (κ2) is 4.21. The Balaban J connectivity index is 4.04. The molecule has 0 spiro atoms. The number of rotatable bonds is 4. The smallest absolute Gasteiger partial charge is 0.274 e. The lowest BCUT2D eigenvalue weighted by molar-refractivity contribution is 0.333. The first-order valence-electron chi connectivity index (χ1n) is 3.97. The Morgan fingerprint density at radius 2 is 1.58 bits per heavy atom. The number of hydrogen-bond acceptors (Lipinski definition) is 3. The molecule has 0 fully saturated rings. The van der Waals surface area contributed by atoms with Gasteiger partial charge < -0.3 is 4.12 Å². The van der Waals surface area contributed by atoms with Crippen LogP contribution in [0, 0.1) is 0 Å². The van der Waals surface area contributed by atoms with Crippen molar-refractivity contribution in [1.29, 1.82) is 0 Å². The molecule has 0 aromatic carbocycles. The van der Waals surface area contributed by atoms with Crippen molar-refractivity contribution >= 4 is 27.2 Å². The summed E-state index contributed by atoms with van der Waals surface area (Å²) in [5, 5.41) is 5.20. The quantitative estimate of drug-likeness (QED) is 0.449. The van der Waals surface area contributed by atoms with Crippen molar-refractivity contribution in [3.8, 4) is 0 Å². The lowest BCUT2D eigenvalue weighted by Crippen LogP contribution is -2.57. The number of hydrogen-bond donors (Lipinski definition) is 1. The van der Waals surface area contributed by atoms with E-state index in [9.17, 15) is 0 Å². The average Bonchev–Trinajstić information content (AvgIpc) is 1.48. The summed E-state index contributed by atoms with van der Waals surface area (Å²) in [6, 6.07) is 0. The fourth-order valence-electron chi connectivity index (χ4n) is 1.17. The van der Waals surface area contributed by atoms with E-state index in [1.807, 2.05) is 32.2 Å². The first kappa shape index (κ1) is 12.6. The largest absolute Gasteiger partial charge is 0.432 e. The Morgan fingerprint density at radius 1 is 1.17 bits per heavy atom. The minimum absolute atomic E-state index is 1.80. The van der Waals surface area contributed by atoms with Gasteiger partial charge in [0, 0.05) is 14.1 Å². The predicted molar refractivity (Wildman–Crippen MR) is 58.7 cm³/mol. The maximum absolute atomic E-state index is 6.09. The molecule has 12 heavy (non-hydrogen) atoms. The minimum Gasteiger partial charge on any atom is -0.432 e. The Kier molecular flexibility index (Phi) is 4.42. The highest BCUT2D eigenvalue weighted by atomic mass is 35.6. The number of nitrogens with one attached hydrogen (secondary N) is 1. The molecule has 0 rings (SSSR count). The Bertz CT molecular complexity index is 147. The Hall–Kier alpha value is 0.604. The van der Waals surface area contributed by atoms with Crippen molar-refractivity contribution in [3.05, 3.63) is 0 Å². The molecule has 1 N–H and O–H groups in total. The molecule has 74 valence electrons. The van der Waals surface area contributed by atoms with Crippen LogP contribution in [0.2, 0.25) is 26.2 Å². The Labute approximate surface area is 82.1 Å². The summed E-state index contributed by atoms with van der Waals surface area (Å²) < 4.78 is 5.83. The average molecular weight is 227 g/mol. The molecular weight excluding hydrogens is 208 g/mol. The molecule has 0 atom stereocenters. The second-order valence-electron chi connectivity index (χ2n) is 3.98. The van der Waals surface area contributed by atoms with Crippen molar-refractivity contribution in [1.82, 2.24) is 10.1 Å². The molecule has 3 nitrogen and oxygen atoms in total. The van der Waals surface area contributed by atoms with E-state index in [4.69, 9.17) is 15.2 Å². The maximum atomic E-state index is 6.09. The molecule has 0 aliphatic heterocycles. The highest BCUT2D eigenvalue weighted by Gasteiger charge is 2.32. The summed E-state index contributed by atoms with van der Waals surface area (Å²) in [4.78, 5) is 0. The van der Waals surface area contributed by atoms with Crippen molar-refractivity contribution < 1.29 is 4.12 Å². The van der Waals surface area contributed by atoms with Gasteiger partial charge in [0.15, 0.2) is 0 Å². The molecule has 0 aliphatic rings. The lowest BCUT2D eigenvalue weighted by atomic mass is 11.2. The van der Waals surface area contributed by atoms with Crippen LogP contribution >= 0.6 is 11.1 Å². The fourth-order valence-corrected chi connectivity index (χ4v) is 9.02. The number of nitrogens with zero attached hydrogens (tertiary/aromatic N) is 1. The Morgan fingerprint density at radius 3 is 1.83 bits per heavy atom. The normalized spacial score (nSPS) is 14.0. The zero-order valence-corrected chi connectivity index (χ0v) is 11.5. The van der Waals surface area contributed by atoms with Gasteiger partial charge in [0.1, 0.15) is 0 Å². The zero-order valence-electron chi connectivity index (χ0n) is 8.73. The lowest BCUT2D eigenvalue weighted by Gasteiger charge is -2.32. The topological polar surface area (TPSA) is 24.5 Å². The first-order chi connectivity index (χ1) is 5.12. The van der Waals surface area contributed by atoms with Crippen LogP contribution < -0.4 is 5.09 Å². The van der Waals surface area contributed by atoms with Gasteiger partial charge in [-0.1, -0.05) is 0 Å². The van der Waals surface area contributed by atoms with Gasteiger partial charge in [-0.05, 0) is 26.2 Å². The van der Waals surface area contributed by atoms with Crippen molar-refractivity contribution in [2.24, 2.45) is 0 Å². The van der Waals surface area contributed by atoms with E-state index in [1.165, 1.54) is 0 Å². The van der Waals surface area contributed by atoms with Crippen LogP contribution in [0.15, 0.2) is 0 Å². The number of halogens is 1. The van der Waals surface area contributed by atoms with Gasteiger partial charge in [-0.25, -0.2) is 0 Å². The van der Waals surface area contributed by atoms with Gasteiger partial charge in [0.2, 0.25) is 0 Å². The minimum atomic E-state index is -1.91. The molecule has 6 heteroatoms. The van der Waals surface area contributed by atoms with E-state index in [2.05, 4.69) is 18.2 Å². The summed E-state index contributed by atoms with van der Waals surface area (Å²) >= 11 is 6.09. The van der Waals surface area contributed by atoms with Crippen molar-refractivity contribution in [3.63, 3.8) is 0 Å². The highest BCUT2D eigenvalue weighted by Crippen LogP contribution is 2.15. The van der Waals surface area contributed by atoms with E-state index in [1.54, 1.807) is 0 Å². The van der Waals surface area contributed by atoms with Gasteiger partial charge in [-0.3, -0.25) is 10.1 Å². The third-order valence-corrected chi connectivity index (χ3v) is 6.65. The van der Waals surface area contributed by atoms with Gasteiger partial charge in [0.05, 0.1) is 0 Å². The van der Waals surface area contributed by atoms with Gasteiger partial charge in [0.25, 0.3) is 16.1 Å². The van der Waals surface area contributed by atoms with Crippen LogP contribution in [0.1, 0.15) is 0 Å². The fraction of sp³-hybridized carbons (Fsp3) is 1.00. The summed E-state index contributed by atoms with van der Waals surface area (Å²) in [6.07, 6.45) is 0. The summed E-state index contributed by atoms with van der Waals surface area (Å²) in [7, 11) is 0.208. The zero-order chi connectivity index (χ0) is 9.99. The van der Waals surface area contributed by atoms with Crippen LogP contribution in [-0.2, 0) is 4.12 Å². The molecular formula is C6H19ClN2OSi2. The van der Waals surface area contributed by atoms with Crippen molar-refractivity contribution in [2.75, 3.05) is 14.1 Å². The standard InChI is InChI=1S/C6H19ClN2OSi2/c1-9(2)8-12(5,6)10-11(3,4)7/h8H,1-6H3. The molecule has 0 unspecified atom stereocenters. The van der Waals surface area contributed by atoms with Crippen LogP contribution in [0.3, 0.4) is 0 Å². The van der Waals surface area contributed by atoms with E-state index >= 15 is 0 Å². The van der Waals surface area contributed by atoms with E-state index in [-0.39, 0.29) is 0 Å². The molecule has 0 amide bonds. The molecule has 0 aromatic heterocycles. The molecule has 0 heterocycles. The molecule has 0 bridgehead atoms. The SMILES string of the molecule is CN(C)N[Si](C)(C)O[Si](C)(C)Cl. The molecule has 0 saturated carbocycles. The van der Waals surface area contributed by atoms with Gasteiger partial charge >= 0.3 is 0 Å². The molecule has 0 radical (unpaired) electrons. The van der Waals surface area contributed by atoms with Gasteiger partial charge in [-0.15, -0.1) is 11.1 Å². The third-order valence-electron chi connectivity index (χ3n) is 0.991. The number of hydrazine groups is 1. The third kappa shape index (κ3) is 7.26. The summed E-state index contributed by atoms with van der Waals surface area (Å²) in [5.41, 5.74) is 0. The van der Waals surface area contributed by atoms with Crippen LogP contribution in [0.25, 0.3) is 0 Å². The van der Waals surface area contributed by atoms with E-state index in [0.29, 0.717) is 0 Å². The van der Waals surface area contributed by atoms with E-state index in [0.717, 1.165) is 0 Å². The first-order valence-corrected chi connectivity index (χ1v) is 10.8. The van der Waals surface area contributed by atoms with Crippen LogP contribution in [0.4, 0.5) is 0 Å². The molecule has 0 aromatic rings. The van der Waals surface area contributed by atoms with Crippen LogP contribution in [0.5, 0.6) is 0 Å². The molecule has 0 aliphatic carbocycles. The summed E-state index contributed by atoms with van der Waals surface area (Å²) in [5.74, 6) is 0. The predicted octanol–water partition coefficient (Wildman–Crippen LogP) is 1.71. The maximum Gasteiger partial charge on any atom is 0.274 e. The highest BCUT2D eigenvalue weighted by molar-refractivity contribution is 7.17. The second-order valence-corrected chi connectivity index (χ2v) is 13.5. The van der Waals surface area contributed by atoms with Crippen molar-refractivity contribution in [2.45, 2.75) is 26.2 Å². The van der Waals surface area contributed by atoms with Crippen LogP contribution in [-0.4, -0.2) is 35.2 Å². The van der Waals surface area contributed by atoms with E-state index < -0.39 is 16.1 Å². The molecule has 0 saturated heterocycles. The monoisotopic (exact) mass is 226 g/mol.